The number of nitrogens with one attached hydrogen (secondary N) is 1. The van der Waals surface area contributed by atoms with Crippen molar-refractivity contribution in [3.05, 3.63) is 35.9 Å². The van der Waals surface area contributed by atoms with Crippen LogP contribution in [-0.4, -0.2) is 11.4 Å². The molecule has 0 aliphatic rings. The first-order valence-corrected chi connectivity index (χ1v) is 4.41. The van der Waals surface area contributed by atoms with Crippen molar-refractivity contribution in [2.45, 2.75) is 0 Å². The van der Waals surface area contributed by atoms with Crippen LogP contribution in [0, 0.1) is 0 Å². The number of carbonyl (C=O) groups excluding carboxylic acids is 1. The maximum atomic E-state index is 10.1. The summed E-state index contributed by atoms with van der Waals surface area (Å²) in [4.78, 5) is 10.1. The molecule has 0 aliphatic carbocycles. The Hall–Kier alpha value is -1.68. The average Bonchev–Trinajstić information content (AvgIpc) is 2.16. The van der Waals surface area contributed by atoms with Crippen molar-refractivity contribution >= 4 is 35.4 Å². The van der Waals surface area contributed by atoms with E-state index >= 15 is 0 Å². The molecule has 0 spiro atoms. The number of hydrogen-bond donors (Lipinski definition) is 2. The molecular formula is C10H10N2OS. The van der Waals surface area contributed by atoms with E-state index in [1.807, 2.05) is 24.3 Å². The number of thiocarbonyl (C=S) groups is 1. The van der Waals surface area contributed by atoms with Gasteiger partial charge in [0.2, 0.25) is 0 Å². The number of aldehydes is 1. The summed E-state index contributed by atoms with van der Waals surface area (Å²) in [5.41, 5.74) is 7.09. The van der Waals surface area contributed by atoms with Crippen molar-refractivity contribution in [2.75, 3.05) is 5.32 Å². The largest absolute Gasteiger partial charge is 0.376 e. The molecule has 0 bridgehead atoms. The number of hydrogen-bond acceptors (Lipinski definition) is 2. The standard InChI is InChI=1S/C10H10N2OS/c11-10(14)12-9-5-3-8(4-6-9)2-1-7-13/h1-7H,(H3,11,12,14). The van der Waals surface area contributed by atoms with Crippen LogP contribution in [0.1, 0.15) is 5.56 Å². The number of carbonyl (C=O) groups is 1. The molecule has 0 atom stereocenters. The van der Waals surface area contributed by atoms with Crippen LogP contribution >= 0.6 is 12.2 Å². The van der Waals surface area contributed by atoms with Crippen molar-refractivity contribution in [2.24, 2.45) is 5.73 Å². The lowest BCUT2D eigenvalue weighted by Crippen LogP contribution is -2.18. The lowest BCUT2D eigenvalue weighted by Gasteiger charge is -2.02. The minimum absolute atomic E-state index is 0.237. The van der Waals surface area contributed by atoms with Crippen LogP contribution < -0.4 is 11.1 Å². The summed E-state index contributed by atoms with van der Waals surface area (Å²) in [5, 5.41) is 3.04. The van der Waals surface area contributed by atoms with Crippen LogP contribution in [0.2, 0.25) is 0 Å². The van der Waals surface area contributed by atoms with Gasteiger partial charge in [-0.2, -0.15) is 0 Å². The van der Waals surface area contributed by atoms with Gasteiger partial charge in [-0.15, -0.1) is 0 Å². The third kappa shape index (κ3) is 3.37. The molecule has 4 heteroatoms. The first kappa shape index (κ1) is 10.4. The summed E-state index contributed by atoms with van der Waals surface area (Å²) in [6.45, 7) is 0. The molecule has 3 N–H and O–H groups in total. The molecule has 0 aliphatic heterocycles. The molecule has 1 rings (SSSR count). The molecule has 0 heterocycles. The first-order valence-electron chi connectivity index (χ1n) is 4.01. The van der Waals surface area contributed by atoms with Crippen LogP contribution in [0.4, 0.5) is 5.69 Å². The lowest BCUT2D eigenvalue weighted by molar-refractivity contribution is -0.104. The Morgan fingerprint density at radius 1 is 1.36 bits per heavy atom. The highest BCUT2D eigenvalue weighted by Gasteiger charge is 1.91. The molecule has 0 aromatic heterocycles. The Balaban J connectivity index is 2.73. The van der Waals surface area contributed by atoms with E-state index in [0.29, 0.717) is 0 Å². The van der Waals surface area contributed by atoms with Crippen LogP contribution in [0.5, 0.6) is 0 Å². The van der Waals surface area contributed by atoms with Gasteiger partial charge in [0.05, 0.1) is 0 Å². The topological polar surface area (TPSA) is 55.1 Å². The second-order valence-corrected chi connectivity index (χ2v) is 3.05. The second-order valence-electron chi connectivity index (χ2n) is 2.61. The maximum Gasteiger partial charge on any atom is 0.168 e. The van der Waals surface area contributed by atoms with Crippen LogP contribution in [-0.2, 0) is 4.79 Å². The molecule has 0 radical (unpaired) electrons. The zero-order chi connectivity index (χ0) is 10.4. The summed E-state index contributed by atoms with van der Waals surface area (Å²) in [5.74, 6) is 0. The molecular weight excluding hydrogens is 196 g/mol. The zero-order valence-corrected chi connectivity index (χ0v) is 8.25. The monoisotopic (exact) mass is 206 g/mol. The lowest BCUT2D eigenvalue weighted by atomic mass is 10.2. The highest BCUT2D eigenvalue weighted by molar-refractivity contribution is 7.80. The van der Waals surface area contributed by atoms with Gasteiger partial charge in [-0.05, 0) is 36.0 Å². The Morgan fingerprint density at radius 3 is 2.50 bits per heavy atom. The normalized spacial score (nSPS) is 10.0. The number of allylic oxidation sites excluding steroid dienone is 1. The van der Waals surface area contributed by atoms with Crippen LogP contribution in [0.15, 0.2) is 30.3 Å². The van der Waals surface area contributed by atoms with E-state index in [0.717, 1.165) is 17.5 Å². The molecule has 1 aromatic carbocycles. The number of rotatable bonds is 3. The number of benzene rings is 1. The molecule has 0 amide bonds. The van der Waals surface area contributed by atoms with E-state index in [1.54, 1.807) is 6.08 Å². The number of nitrogens with two attached hydrogens (primary N) is 1. The SMILES string of the molecule is NC(=S)Nc1ccc(C=CC=O)cc1. The molecule has 0 saturated heterocycles. The molecule has 0 saturated carbocycles. The maximum absolute atomic E-state index is 10.1. The minimum Gasteiger partial charge on any atom is -0.376 e. The smallest absolute Gasteiger partial charge is 0.168 e. The van der Waals surface area contributed by atoms with E-state index in [2.05, 4.69) is 17.5 Å². The van der Waals surface area contributed by atoms with E-state index in [1.165, 1.54) is 6.08 Å². The summed E-state index contributed by atoms with van der Waals surface area (Å²) >= 11 is 4.69. The third-order valence-corrected chi connectivity index (χ3v) is 1.65. The van der Waals surface area contributed by atoms with Gasteiger partial charge in [-0.3, -0.25) is 4.79 Å². The van der Waals surface area contributed by atoms with Gasteiger partial charge in [-0.25, -0.2) is 0 Å². The van der Waals surface area contributed by atoms with Gasteiger partial charge < -0.3 is 11.1 Å². The molecule has 72 valence electrons. The van der Waals surface area contributed by atoms with E-state index in [-0.39, 0.29) is 5.11 Å². The summed E-state index contributed by atoms with van der Waals surface area (Å²) in [6.07, 6.45) is 3.90. The van der Waals surface area contributed by atoms with Crippen LogP contribution in [0.3, 0.4) is 0 Å². The Kier molecular flexibility index (Phi) is 3.82. The quantitative estimate of drug-likeness (QED) is 0.447. The zero-order valence-electron chi connectivity index (χ0n) is 7.44. The Bertz CT molecular complexity index is 357. The predicted octanol–water partition coefficient (Wildman–Crippen LogP) is 1.55. The number of anilines is 1. The molecule has 0 fully saturated rings. The molecule has 3 nitrogen and oxygen atoms in total. The van der Waals surface area contributed by atoms with E-state index in [4.69, 9.17) is 5.73 Å². The summed E-state index contributed by atoms with van der Waals surface area (Å²) < 4.78 is 0. The average molecular weight is 206 g/mol. The first-order chi connectivity index (χ1) is 6.72. The van der Waals surface area contributed by atoms with Crippen LogP contribution in [0.25, 0.3) is 6.08 Å². The minimum atomic E-state index is 0.237. The Labute approximate surface area is 87.6 Å². The summed E-state index contributed by atoms with van der Waals surface area (Å²) in [7, 11) is 0. The van der Waals surface area contributed by atoms with Crippen molar-refractivity contribution in [3.8, 4) is 0 Å². The fourth-order valence-electron chi connectivity index (χ4n) is 0.970. The van der Waals surface area contributed by atoms with Gasteiger partial charge in [-0.1, -0.05) is 18.2 Å². The highest BCUT2D eigenvalue weighted by Crippen LogP contribution is 2.10. The van der Waals surface area contributed by atoms with E-state index < -0.39 is 0 Å². The van der Waals surface area contributed by atoms with Crippen molar-refractivity contribution in [1.82, 2.24) is 0 Å². The van der Waals surface area contributed by atoms with Gasteiger partial charge in [0, 0.05) is 5.69 Å². The molecule has 14 heavy (non-hydrogen) atoms. The second kappa shape index (κ2) is 5.14. The van der Waals surface area contributed by atoms with Gasteiger partial charge in [0.1, 0.15) is 6.29 Å². The fraction of sp³-hybridized carbons (Fsp3) is 0. The predicted molar refractivity (Wildman–Crippen MR) is 61.9 cm³/mol. The third-order valence-electron chi connectivity index (χ3n) is 1.55. The molecule has 1 aromatic rings. The van der Waals surface area contributed by atoms with Gasteiger partial charge in [0.15, 0.2) is 5.11 Å². The molecule has 0 unspecified atom stereocenters. The highest BCUT2D eigenvalue weighted by atomic mass is 32.1. The Morgan fingerprint density at radius 2 is 2.00 bits per heavy atom. The van der Waals surface area contributed by atoms with Gasteiger partial charge >= 0.3 is 0 Å². The fourth-order valence-corrected chi connectivity index (χ4v) is 1.09. The summed E-state index contributed by atoms with van der Waals surface area (Å²) in [6, 6.07) is 7.40. The van der Waals surface area contributed by atoms with E-state index in [9.17, 15) is 4.79 Å². The van der Waals surface area contributed by atoms with Gasteiger partial charge in [0.25, 0.3) is 0 Å². The van der Waals surface area contributed by atoms with Crippen molar-refractivity contribution in [1.29, 1.82) is 0 Å². The van der Waals surface area contributed by atoms with Crippen molar-refractivity contribution < 1.29 is 4.79 Å². The van der Waals surface area contributed by atoms with Crippen molar-refractivity contribution in [3.63, 3.8) is 0 Å².